The van der Waals surface area contributed by atoms with E-state index in [1.54, 1.807) is 6.33 Å². The summed E-state index contributed by atoms with van der Waals surface area (Å²) >= 11 is 0. The first kappa shape index (κ1) is 11.2. The highest BCUT2D eigenvalue weighted by atomic mass is 16.5. The highest BCUT2D eigenvalue weighted by Gasteiger charge is 2.37. The standard InChI is InChI=1S/C12H20N4O/c1-16-11(14-9-15-16)6-12(4-5-17-8-12)7-13-10-2-3-10/h9-10,13H,2-8H2,1H3. The highest BCUT2D eigenvalue weighted by Crippen LogP contribution is 2.32. The van der Waals surface area contributed by atoms with E-state index >= 15 is 0 Å². The lowest BCUT2D eigenvalue weighted by Crippen LogP contribution is -2.38. The molecule has 2 heterocycles. The van der Waals surface area contributed by atoms with E-state index in [1.165, 1.54) is 12.8 Å². The zero-order valence-electron chi connectivity index (χ0n) is 10.4. The largest absolute Gasteiger partial charge is 0.381 e. The summed E-state index contributed by atoms with van der Waals surface area (Å²) in [6.07, 6.45) is 6.39. The van der Waals surface area contributed by atoms with Crippen LogP contribution in [-0.4, -0.2) is 40.6 Å². The van der Waals surface area contributed by atoms with Gasteiger partial charge in [-0.05, 0) is 19.3 Å². The second-order valence-electron chi connectivity index (χ2n) is 5.43. The molecule has 1 N–H and O–H groups in total. The second-order valence-corrected chi connectivity index (χ2v) is 5.43. The van der Waals surface area contributed by atoms with Gasteiger partial charge in [0, 0.05) is 38.1 Å². The summed E-state index contributed by atoms with van der Waals surface area (Å²) in [6.45, 7) is 2.77. The van der Waals surface area contributed by atoms with Crippen LogP contribution < -0.4 is 5.32 Å². The second kappa shape index (κ2) is 4.38. The summed E-state index contributed by atoms with van der Waals surface area (Å²) < 4.78 is 7.48. The van der Waals surface area contributed by atoms with Crippen LogP contribution in [0.3, 0.4) is 0 Å². The molecule has 94 valence electrons. The molecule has 5 nitrogen and oxygen atoms in total. The zero-order valence-corrected chi connectivity index (χ0v) is 10.4. The van der Waals surface area contributed by atoms with Crippen LogP contribution in [0.1, 0.15) is 25.1 Å². The van der Waals surface area contributed by atoms with Gasteiger partial charge in [0.05, 0.1) is 6.61 Å². The minimum absolute atomic E-state index is 0.226. The predicted octanol–water partition coefficient (Wildman–Crippen LogP) is 0.516. The molecular formula is C12H20N4O. The van der Waals surface area contributed by atoms with E-state index in [0.29, 0.717) is 0 Å². The average molecular weight is 236 g/mol. The van der Waals surface area contributed by atoms with Crippen molar-refractivity contribution in [2.24, 2.45) is 12.5 Å². The van der Waals surface area contributed by atoms with Gasteiger partial charge >= 0.3 is 0 Å². The molecule has 0 aromatic carbocycles. The number of rotatable bonds is 5. The van der Waals surface area contributed by atoms with E-state index in [0.717, 1.165) is 44.5 Å². The molecule has 1 aromatic rings. The molecule has 1 saturated carbocycles. The number of hydrogen-bond donors (Lipinski definition) is 1. The minimum Gasteiger partial charge on any atom is -0.381 e. The maximum Gasteiger partial charge on any atom is 0.138 e. The van der Waals surface area contributed by atoms with Crippen molar-refractivity contribution in [3.63, 3.8) is 0 Å². The van der Waals surface area contributed by atoms with E-state index in [-0.39, 0.29) is 5.41 Å². The topological polar surface area (TPSA) is 52.0 Å². The van der Waals surface area contributed by atoms with Gasteiger partial charge in [0.2, 0.25) is 0 Å². The van der Waals surface area contributed by atoms with E-state index in [2.05, 4.69) is 15.4 Å². The summed E-state index contributed by atoms with van der Waals surface area (Å²) in [5, 5.41) is 7.78. The predicted molar refractivity (Wildman–Crippen MR) is 63.6 cm³/mol. The number of aromatic nitrogens is 3. The Morgan fingerprint density at radius 3 is 3.06 bits per heavy atom. The van der Waals surface area contributed by atoms with Crippen molar-refractivity contribution in [3.8, 4) is 0 Å². The lowest BCUT2D eigenvalue weighted by atomic mass is 9.83. The number of aryl methyl sites for hydroxylation is 1. The van der Waals surface area contributed by atoms with Crippen molar-refractivity contribution in [3.05, 3.63) is 12.2 Å². The van der Waals surface area contributed by atoms with Gasteiger partial charge < -0.3 is 10.1 Å². The molecule has 5 heteroatoms. The molecule has 1 atom stereocenters. The summed E-state index contributed by atoms with van der Waals surface area (Å²) in [7, 11) is 1.96. The van der Waals surface area contributed by atoms with Crippen molar-refractivity contribution in [2.45, 2.75) is 31.7 Å². The van der Waals surface area contributed by atoms with Gasteiger partial charge in [-0.2, -0.15) is 5.10 Å². The van der Waals surface area contributed by atoms with Gasteiger partial charge in [0.15, 0.2) is 0 Å². The van der Waals surface area contributed by atoms with Gasteiger partial charge in [0.1, 0.15) is 12.2 Å². The Balaban J connectivity index is 1.67. The van der Waals surface area contributed by atoms with Gasteiger partial charge in [0.25, 0.3) is 0 Å². The Kier molecular flexibility index (Phi) is 2.88. The summed E-state index contributed by atoms with van der Waals surface area (Å²) in [5.74, 6) is 1.06. The maximum atomic E-state index is 5.60. The quantitative estimate of drug-likeness (QED) is 0.809. The molecule has 1 unspecified atom stereocenters. The van der Waals surface area contributed by atoms with Crippen LogP contribution in [0.2, 0.25) is 0 Å². The van der Waals surface area contributed by atoms with E-state index < -0.39 is 0 Å². The number of ether oxygens (including phenoxy) is 1. The fraction of sp³-hybridized carbons (Fsp3) is 0.833. The summed E-state index contributed by atoms with van der Waals surface area (Å²) in [5.41, 5.74) is 0.226. The Labute approximate surface area is 102 Å². The Hall–Kier alpha value is -0.940. The van der Waals surface area contributed by atoms with Crippen molar-refractivity contribution in [1.29, 1.82) is 0 Å². The smallest absolute Gasteiger partial charge is 0.138 e. The number of hydrogen-bond acceptors (Lipinski definition) is 4. The van der Waals surface area contributed by atoms with Crippen LogP contribution >= 0.6 is 0 Å². The third-order valence-electron chi connectivity index (χ3n) is 3.87. The van der Waals surface area contributed by atoms with E-state index in [1.807, 2.05) is 11.7 Å². The molecule has 0 amide bonds. The Morgan fingerprint density at radius 2 is 2.47 bits per heavy atom. The van der Waals surface area contributed by atoms with Crippen molar-refractivity contribution in [2.75, 3.05) is 19.8 Å². The van der Waals surface area contributed by atoms with E-state index in [9.17, 15) is 0 Å². The first-order valence-electron chi connectivity index (χ1n) is 6.41. The number of nitrogens with zero attached hydrogens (tertiary/aromatic N) is 3. The monoisotopic (exact) mass is 236 g/mol. The SMILES string of the molecule is Cn1ncnc1CC1(CNC2CC2)CCOC1. The summed E-state index contributed by atoms with van der Waals surface area (Å²) in [6, 6.07) is 0.756. The normalized spacial score (nSPS) is 28.8. The molecule has 1 aromatic heterocycles. The average Bonchev–Trinajstić information content (AvgIpc) is 2.92. The van der Waals surface area contributed by atoms with Gasteiger partial charge in [-0.3, -0.25) is 4.68 Å². The first-order valence-corrected chi connectivity index (χ1v) is 6.41. The molecule has 2 aliphatic rings. The lowest BCUT2D eigenvalue weighted by Gasteiger charge is -2.27. The molecule has 2 fully saturated rings. The fourth-order valence-corrected chi connectivity index (χ4v) is 2.45. The molecule has 0 bridgehead atoms. The number of nitrogens with one attached hydrogen (secondary N) is 1. The van der Waals surface area contributed by atoms with Crippen LogP contribution in [0.5, 0.6) is 0 Å². The molecule has 17 heavy (non-hydrogen) atoms. The van der Waals surface area contributed by atoms with Crippen molar-refractivity contribution >= 4 is 0 Å². The Bertz CT molecular complexity index is 380. The fourth-order valence-electron chi connectivity index (χ4n) is 2.45. The lowest BCUT2D eigenvalue weighted by molar-refractivity contribution is 0.147. The van der Waals surface area contributed by atoms with E-state index in [4.69, 9.17) is 4.74 Å². The van der Waals surface area contributed by atoms with Gasteiger partial charge in [-0.1, -0.05) is 0 Å². The van der Waals surface area contributed by atoms with Crippen LogP contribution in [-0.2, 0) is 18.2 Å². The highest BCUT2D eigenvalue weighted by molar-refractivity contribution is 4.98. The first-order chi connectivity index (χ1) is 8.27. The van der Waals surface area contributed by atoms with Crippen LogP contribution in [0.15, 0.2) is 6.33 Å². The minimum atomic E-state index is 0.226. The third-order valence-corrected chi connectivity index (χ3v) is 3.87. The van der Waals surface area contributed by atoms with Crippen LogP contribution in [0.4, 0.5) is 0 Å². The summed E-state index contributed by atoms with van der Waals surface area (Å²) in [4.78, 5) is 4.34. The molecule has 0 spiro atoms. The molecule has 0 radical (unpaired) electrons. The van der Waals surface area contributed by atoms with Crippen LogP contribution in [0.25, 0.3) is 0 Å². The van der Waals surface area contributed by atoms with Gasteiger partial charge in [-0.15, -0.1) is 0 Å². The van der Waals surface area contributed by atoms with Crippen LogP contribution in [0, 0.1) is 5.41 Å². The third kappa shape index (κ3) is 2.50. The maximum absolute atomic E-state index is 5.60. The molecule has 3 rings (SSSR count). The van der Waals surface area contributed by atoms with Crippen molar-refractivity contribution in [1.82, 2.24) is 20.1 Å². The van der Waals surface area contributed by atoms with Crippen molar-refractivity contribution < 1.29 is 4.74 Å². The van der Waals surface area contributed by atoms with Gasteiger partial charge in [-0.25, -0.2) is 4.98 Å². The molecule has 1 aliphatic carbocycles. The molecule has 1 saturated heterocycles. The molecular weight excluding hydrogens is 216 g/mol. The zero-order chi connectivity index (χ0) is 11.7. The molecule has 1 aliphatic heterocycles. The Morgan fingerprint density at radius 1 is 1.59 bits per heavy atom.